The highest BCUT2D eigenvalue weighted by molar-refractivity contribution is 7.20. The Morgan fingerprint density at radius 2 is 1.75 bits per heavy atom. The number of fused-ring (bicyclic) bond motifs is 2. The highest BCUT2D eigenvalue weighted by Gasteiger charge is 2.42. The molecule has 2 aromatic rings. The fourth-order valence-corrected chi connectivity index (χ4v) is 6.48. The zero-order valence-corrected chi connectivity index (χ0v) is 19.1. The number of hydrogen-bond acceptors (Lipinski definition) is 8. The van der Waals surface area contributed by atoms with E-state index >= 15 is 0 Å². The summed E-state index contributed by atoms with van der Waals surface area (Å²) in [5.41, 5.74) is 1.79. The first kappa shape index (κ1) is 20.6. The molecule has 3 fully saturated rings. The third-order valence-electron chi connectivity index (χ3n) is 7.43. The van der Waals surface area contributed by atoms with E-state index < -0.39 is 5.79 Å². The van der Waals surface area contributed by atoms with Gasteiger partial charge in [-0.2, -0.15) is 4.52 Å². The van der Waals surface area contributed by atoms with E-state index in [0.29, 0.717) is 31.3 Å². The quantitative estimate of drug-likeness (QED) is 0.674. The van der Waals surface area contributed by atoms with Gasteiger partial charge in [0, 0.05) is 50.5 Å². The maximum absolute atomic E-state index is 13.1. The summed E-state index contributed by atoms with van der Waals surface area (Å²) in [6.07, 6.45) is 6.97. The third-order valence-corrected chi connectivity index (χ3v) is 8.40. The summed E-state index contributed by atoms with van der Waals surface area (Å²) in [5, 5.41) is 5.44. The maximum Gasteiger partial charge on any atom is 0.278 e. The van der Waals surface area contributed by atoms with E-state index in [9.17, 15) is 9.59 Å². The van der Waals surface area contributed by atoms with Crippen molar-refractivity contribution in [1.82, 2.24) is 19.5 Å². The van der Waals surface area contributed by atoms with E-state index in [-0.39, 0.29) is 17.4 Å². The predicted molar refractivity (Wildman–Crippen MR) is 119 cm³/mol. The van der Waals surface area contributed by atoms with Crippen molar-refractivity contribution in [3.05, 3.63) is 21.6 Å². The van der Waals surface area contributed by atoms with Crippen LogP contribution >= 0.6 is 11.3 Å². The SMILES string of the molecule is O=C(C1CCN(c2nn3c(=O)c4c(nc3s2)CCCC4)CC1)N1CCC2(CC1)OCCO2. The van der Waals surface area contributed by atoms with E-state index in [1.54, 1.807) is 0 Å². The normalized spacial score (nSPS) is 23.8. The van der Waals surface area contributed by atoms with Crippen LogP contribution in [0.15, 0.2) is 4.79 Å². The van der Waals surface area contributed by atoms with Crippen LogP contribution in [0.4, 0.5) is 5.13 Å². The summed E-state index contributed by atoms with van der Waals surface area (Å²) >= 11 is 1.48. The molecule has 10 heteroatoms. The van der Waals surface area contributed by atoms with Crippen LogP contribution in [-0.4, -0.2) is 70.6 Å². The number of rotatable bonds is 2. The fraction of sp³-hybridized carbons (Fsp3) is 0.727. The minimum atomic E-state index is -0.446. The Morgan fingerprint density at radius 3 is 2.50 bits per heavy atom. The third kappa shape index (κ3) is 3.52. The van der Waals surface area contributed by atoms with Crippen molar-refractivity contribution in [2.45, 2.75) is 57.2 Å². The molecule has 5 heterocycles. The zero-order valence-electron chi connectivity index (χ0n) is 18.3. The van der Waals surface area contributed by atoms with E-state index in [4.69, 9.17) is 14.5 Å². The van der Waals surface area contributed by atoms with Gasteiger partial charge in [0.2, 0.25) is 16.0 Å². The van der Waals surface area contributed by atoms with Crippen LogP contribution in [0, 0.1) is 5.92 Å². The Labute approximate surface area is 190 Å². The molecule has 4 aliphatic rings. The molecule has 0 radical (unpaired) electrons. The first-order valence-electron chi connectivity index (χ1n) is 11.9. The van der Waals surface area contributed by atoms with Crippen LogP contribution in [0.2, 0.25) is 0 Å². The highest BCUT2D eigenvalue weighted by atomic mass is 32.1. The average molecular weight is 460 g/mol. The van der Waals surface area contributed by atoms with E-state index in [0.717, 1.165) is 80.8 Å². The largest absolute Gasteiger partial charge is 0.347 e. The predicted octanol–water partition coefficient (Wildman–Crippen LogP) is 1.61. The van der Waals surface area contributed by atoms with Crippen LogP contribution in [-0.2, 0) is 27.1 Å². The van der Waals surface area contributed by atoms with Crippen LogP contribution < -0.4 is 10.5 Å². The van der Waals surface area contributed by atoms with Crippen LogP contribution in [0.3, 0.4) is 0 Å². The lowest BCUT2D eigenvalue weighted by Gasteiger charge is -2.40. The first-order valence-corrected chi connectivity index (χ1v) is 12.7. The molecule has 32 heavy (non-hydrogen) atoms. The first-order chi connectivity index (χ1) is 15.6. The molecule has 6 rings (SSSR count). The van der Waals surface area contributed by atoms with Crippen LogP contribution in [0.5, 0.6) is 0 Å². The topological polar surface area (TPSA) is 89.3 Å². The number of piperidine rings is 2. The maximum atomic E-state index is 13.1. The van der Waals surface area contributed by atoms with E-state index in [1.807, 2.05) is 4.90 Å². The average Bonchev–Trinajstić information content (AvgIpc) is 3.47. The van der Waals surface area contributed by atoms with E-state index in [1.165, 1.54) is 15.9 Å². The molecule has 0 saturated carbocycles. The van der Waals surface area contributed by atoms with Gasteiger partial charge in [0.25, 0.3) is 5.56 Å². The molecule has 0 atom stereocenters. The minimum Gasteiger partial charge on any atom is -0.347 e. The second-order valence-corrected chi connectivity index (χ2v) is 10.3. The zero-order chi connectivity index (χ0) is 21.7. The standard InChI is InChI=1S/C22H29N5O4S/c28-18(25-11-7-22(8-12-25)30-13-14-31-22)15-5-9-26(10-6-15)21-24-27-19(29)16-3-1-2-4-17(16)23-20(27)32-21/h15H,1-14H2. The summed E-state index contributed by atoms with van der Waals surface area (Å²) < 4.78 is 13.0. The summed E-state index contributed by atoms with van der Waals surface area (Å²) in [5.74, 6) is -0.140. The summed E-state index contributed by atoms with van der Waals surface area (Å²) in [4.78, 5) is 35.6. The van der Waals surface area contributed by atoms with Gasteiger partial charge in [0.15, 0.2) is 5.79 Å². The number of carbonyl (C=O) groups is 1. The number of likely N-dealkylation sites (tertiary alicyclic amines) is 1. The van der Waals surface area contributed by atoms with Gasteiger partial charge in [-0.3, -0.25) is 9.59 Å². The molecule has 3 saturated heterocycles. The number of carbonyl (C=O) groups excluding carboxylic acids is 1. The number of anilines is 1. The summed E-state index contributed by atoms with van der Waals surface area (Å²) in [7, 11) is 0. The Balaban J connectivity index is 1.10. The second-order valence-electron chi connectivity index (χ2n) is 9.32. The minimum absolute atomic E-state index is 0.00430. The number of nitrogens with zero attached hydrogens (tertiary/aromatic N) is 5. The number of hydrogen-bond donors (Lipinski definition) is 0. The lowest BCUT2D eigenvalue weighted by molar-refractivity contribution is -0.188. The van der Waals surface area contributed by atoms with Gasteiger partial charge in [-0.25, -0.2) is 4.98 Å². The number of amides is 1. The van der Waals surface area contributed by atoms with Crippen LogP contribution in [0.1, 0.15) is 49.8 Å². The van der Waals surface area contributed by atoms with Crippen molar-refractivity contribution in [2.24, 2.45) is 5.92 Å². The smallest absolute Gasteiger partial charge is 0.278 e. The molecule has 0 N–H and O–H groups in total. The fourth-order valence-electron chi connectivity index (χ4n) is 5.52. The van der Waals surface area contributed by atoms with Gasteiger partial charge >= 0.3 is 0 Å². The molecule has 1 amide bonds. The molecule has 3 aliphatic heterocycles. The molecular weight excluding hydrogens is 430 g/mol. The summed E-state index contributed by atoms with van der Waals surface area (Å²) in [6.45, 7) is 4.26. The molecule has 1 aliphatic carbocycles. The van der Waals surface area contributed by atoms with Gasteiger partial charge in [-0.05, 0) is 38.5 Å². The molecular formula is C22H29N5O4S. The molecule has 1 spiro atoms. The Kier molecular flexibility index (Phi) is 5.19. The molecule has 0 aromatic carbocycles. The van der Waals surface area contributed by atoms with Crippen molar-refractivity contribution >= 4 is 27.3 Å². The van der Waals surface area contributed by atoms with Gasteiger partial charge in [0.05, 0.1) is 18.9 Å². The Morgan fingerprint density at radius 1 is 1.03 bits per heavy atom. The van der Waals surface area contributed by atoms with Crippen molar-refractivity contribution < 1.29 is 14.3 Å². The van der Waals surface area contributed by atoms with Gasteiger partial charge in [0.1, 0.15) is 0 Å². The Hall–Kier alpha value is -2.04. The van der Waals surface area contributed by atoms with E-state index in [2.05, 4.69) is 10.00 Å². The molecule has 0 unspecified atom stereocenters. The van der Waals surface area contributed by atoms with Gasteiger partial charge < -0.3 is 19.3 Å². The lowest BCUT2D eigenvalue weighted by Crippen LogP contribution is -2.50. The molecule has 0 bridgehead atoms. The van der Waals surface area contributed by atoms with Crippen molar-refractivity contribution in [2.75, 3.05) is 44.3 Å². The lowest BCUT2D eigenvalue weighted by atomic mass is 9.94. The molecule has 9 nitrogen and oxygen atoms in total. The highest BCUT2D eigenvalue weighted by Crippen LogP contribution is 2.33. The van der Waals surface area contributed by atoms with Crippen LogP contribution in [0.25, 0.3) is 4.96 Å². The van der Waals surface area contributed by atoms with Crippen molar-refractivity contribution in [3.63, 3.8) is 0 Å². The van der Waals surface area contributed by atoms with Gasteiger partial charge in [-0.1, -0.05) is 11.3 Å². The number of aromatic nitrogens is 3. The second kappa shape index (κ2) is 8.07. The van der Waals surface area contributed by atoms with Crippen molar-refractivity contribution in [3.8, 4) is 0 Å². The monoisotopic (exact) mass is 459 g/mol. The number of ether oxygens (including phenoxy) is 2. The Bertz CT molecular complexity index is 1070. The van der Waals surface area contributed by atoms with Crippen molar-refractivity contribution in [1.29, 1.82) is 0 Å². The summed E-state index contributed by atoms with van der Waals surface area (Å²) in [6, 6.07) is 0. The molecule has 2 aromatic heterocycles. The number of aryl methyl sites for hydroxylation is 1. The molecule has 172 valence electrons. The van der Waals surface area contributed by atoms with Gasteiger partial charge in [-0.15, -0.1) is 5.10 Å².